The Morgan fingerprint density at radius 3 is 2.56 bits per heavy atom. The molecule has 11 nitrogen and oxygen atoms in total. The van der Waals surface area contributed by atoms with Crippen LogP contribution in [0.1, 0.15) is 19.3 Å². The highest BCUT2D eigenvalue weighted by Crippen LogP contribution is 2.40. The average Bonchev–Trinajstić information content (AvgIpc) is 3.44. The highest BCUT2D eigenvalue weighted by Gasteiger charge is 2.19. The van der Waals surface area contributed by atoms with Gasteiger partial charge in [-0.25, -0.2) is 4.98 Å². The van der Waals surface area contributed by atoms with Gasteiger partial charge in [0.1, 0.15) is 5.52 Å². The summed E-state index contributed by atoms with van der Waals surface area (Å²) in [6.45, 7) is 2.22. The van der Waals surface area contributed by atoms with E-state index in [1.807, 2.05) is 4.90 Å². The first kappa shape index (κ1) is 21.5. The lowest BCUT2D eigenvalue weighted by atomic mass is 10.2. The molecule has 170 valence electrons. The zero-order valence-corrected chi connectivity index (χ0v) is 18.4. The van der Waals surface area contributed by atoms with E-state index in [0.29, 0.717) is 58.8 Å². The van der Waals surface area contributed by atoms with E-state index in [4.69, 9.17) is 14.2 Å². The second-order valence-corrected chi connectivity index (χ2v) is 7.30. The van der Waals surface area contributed by atoms with E-state index in [1.165, 1.54) is 0 Å². The number of likely N-dealkylation sites (tertiary alicyclic amines) is 1. The normalized spacial score (nSPS) is 13.5. The zero-order valence-electron chi connectivity index (χ0n) is 18.4. The second-order valence-electron chi connectivity index (χ2n) is 7.30. The Morgan fingerprint density at radius 2 is 1.91 bits per heavy atom. The minimum absolute atomic E-state index is 0.232. The van der Waals surface area contributed by atoms with Crippen LogP contribution >= 0.6 is 0 Å². The van der Waals surface area contributed by atoms with Gasteiger partial charge >= 0.3 is 0 Å². The van der Waals surface area contributed by atoms with E-state index in [2.05, 4.69) is 30.6 Å². The van der Waals surface area contributed by atoms with Crippen molar-refractivity contribution in [2.24, 2.45) is 0 Å². The van der Waals surface area contributed by atoms with Crippen molar-refractivity contribution in [3.05, 3.63) is 18.5 Å². The molecule has 0 spiro atoms. The summed E-state index contributed by atoms with van der Waals surface area (Å²) < 4.78 is 16.2. The quantitative estimate of drug-likeness (QED) is 0.407. The van der Waals surface area contributed by atoms with Crippen LogP contribution in [0.3, 0.4) is 0 Å². The van der Waals surface area contributed by atoms with Crippen molar-refractivity contribution in [3.63, 3.8) is 0 Å². The smallest absolute Gasteiger partial charge is 0.226 e. The Morgan fingerprint density at radius 1 is 1.12 bits per heavy atom. The number of hydrogen-bond donors (Lipinski definition) is 3. The molecule has 1 amide bonds. The summed E-state index contributed by atoms with van der Waals surface area (Å²) in [5, 5.41) is 6.52. The Labute approximate surface area is 185 Å². The molecule has 3 N–H and O–H groups in total. The second kappa shape index (κ2) is 9.58. The lowest BCUT2D eigenvalue weighted by Crippen LogP contribution is -2.27. The number of carbonyl (C=O) groups excluding carboxylic acids is 1. The van der Waals surface area contributed by atoms with E-state index in [-0.39, 0.29) is 5.91 Å². The summed E-state index contributed by atoms with van der Waals surface area (Å²) in [7, 11) is 4.69. The summed E-state index contributed by atoms with van der Waals surface area (Å²) in [6, 6.07) is 3.59. The van der Waals surface area contributed by atoms with E-state index in [9.17, 15) is 4.79 Å². The number of ether oxygens (including phenoxy) is 3. The van der Waals surface area contributed by atoms with Crippen molar-refractivity contribution in [1.29, 1.82) is 0 Å². The van der Waals surface area contributed by atoms with Crippen molar-refractivity contribution >= 4 is 34.5 Å². The van der Waals surface area contributed by atoms with Gasteiger partial charge < -0.3 is 34.7 Å². The van der Waals surface area contributed by atoms with Crippen LogP contribution in [0.2, 0.25) is 0 Å². The number of H-pyrrole nitrogens is 1. The molecule has 0 bridgehead atoms. The molecular formula is C21H27N7O4. The summed E-state index contributed by atoms with van der Waals surface area (Å²) in [5.41, 5.74) is 1.91. The van der Waals surface area contributed by atoms with Gasteiger partial charge in [0.15, 0.2) is 23.0 Å². The fourth-order valence-corrected chi connectivity index (χ4v) is 3.70. The van der Waals surface area contributed by atoms with E-state index in [0.717, 1.165) is 25.9 Å². The molecule has 0 saturated carbocycles. The van der Waals surface area contributed by atoms with Crippen LogP contribution < -0.4 is 24.8 Å². The van der Waals surface area contributed by atoms with Gasteiger partial charge in [0.05, 0.1) is 27.7 Å². The first-order valence-electron chi connectivity index (χ1n) is 10.4. The third-order valence-electron chi connectivity index (χ3n) is 5.27. The molecule has 32 heavy (non-hydrogen) atoms. The number of nitrogens with zero attached hydrogens (tertiary/aromatic N) is 4. The van der Waals surface area contributed by atoms with Crippen molar-refractivity contribution < 1.29 is 19.0 Å². The molecule has 1 aliphatic rings. The summed E-state index contributed by atoms with van der Waals surface area (Å²) >= 11 is 0. The Hall–Kier alpha value is -3.76. The molecule has 4 rings (SSSR count). The van der Waals surface area contributed by atoms with Crippen molar-refractivity contribution in [1.82, 2.24) is 24.8 Å². The monoisotopic (exact) mass is 441 g/mol. The molecule has 1 saturated heterocycles. The molecule has 1 aromatic carbocycles. The number of methoxy groups -OCH3 is 3. The largest absolute Gasteiger partial charge is 0.493 e. The van der Waals surface area contributed by atoms with E-state index < -0.39 is 0 Å². The third-order valence-corrected chi connectivity index (χ3v) is 5.27. The highest BCUT2D eigenvalue weighted by molar-refractivity contribution is 5.86. The highest BCUT2D eigenvalue weighted by atomic mass is 16.5. The number of rotatable bonds is 10. The van der Waals surface area contributed by atoms with Gasteiger partial charge in [-0.2, -0.15) is 9.97 Å². The summed E-state index contributed by atoms with van der Waals surface area (Å²) in [4.78, 5) is 30.0. The Kier molecular flexibility index (Phi) is 6.43. The molecule has 0 unspecified atom stereocenters. The van der Waals surface area contributed by atoms with Crippen LogP contribution in [-0.2, 0) is 4.79 Å². The zero-order chi connectivity index (χ0) is 22.5. The van der Waals surface area contributed by atoms with Gasteiger partial charge in [-0.05, 0) is 12.8 Å². The van der Waals surface area contributed by atoms with Gasteiger partial charge in [-0.3, -0.25) is 4.79 Å². The van der Waals surface area contributed by atoms with E-state index >= 15 is 0 Å². The molecule has 3 aromatic rings. The van der Waals surface area contributed by atoms with Gasteiger partial charge in [0, 0.05) is 43.9 Å². The maximum absolute atomic E-state index is 11.7. The fraction of sp³-hybridized carbons (Fsp3) is 0.429. The first-order valence-corrected chi connectivity index (χ1v) is 10.4. The average molecular weight is 441 g/mol. The van der Waals surface area contributed by atoms with Crippen molar-refractivity contribution in [3.8, 4) is 17.2 Å². The molecule has 0 aliphatic carbocycles. The minimum atomic E-state index is 0.232. The van der Waals surface area contributed by atoms with Crippen LogP contribution in [0.25, 0.3) is 11.2 Å². The lowest BCUT2D eigenvalue weighted by molar-refractivity contribution is -0.127. The number of hydrogen-bond acceptors (Lipinski definition) is 9. The van der Waals surface area contributed by atoms with Crippen LogP contribution in [0.5, 0.6) is 17.2 Å². The predicted octanol–water partition coefficient (Wildman–Crippen LogP) is 2.55. The standard InChI is InChI=1S/C21H27N7O4/c1-30-14-10-13(11-15(31-2)18(14)32-3)25-20-17-19(24-12-23-17)26-21(27-20)22-7-5-9-28-8-4-6-16(28)29/h10-12H,4-9H2,1-3H3,(H3,22,23,24,25,26,27). The maximum atomic E-state index is 11.7. The predicted molar refractivity (Wildman–Crippen MR) is 120 cm³/mol. The number of nitrogens with one attached hydrogen (secondary N) is 3. The van der Waals surface area contributed by atoms with Gasteiger partial charge in [0.25, 0.3) is 0 Å². The van der Waals surface area contributed by atoms with E-state index in [1.54, 1.807) is 39.8 Å². The van der Waals surface area contributed by atoms with Crippen LogP contribution in [0.4, 0.5) is 17.5 Å². The summed E-state index contributed by atoms with van der Waals surface area (Å²) in [5.74, 6) is 2.80. The number of amides is 1. The van der Waals surface area contributed by atoms with Crippen LogP contribution in [-0.4, -0.2) is 71.7 Å². The molecule has 1 fully saturated rings. The Balaban J connectivity index is 1.51. The number of carbonyl (C=O) groups is 1. The fourth-order valence-electron chi connectivity index (χ4n) is 3.70. The number of aromatic nitrogens is 4. The van der Waals surface area contributed by atoms with Gasteiger partial charge in [0.2, 0.25) is 17.6 Å². The lowest BCUT2D eigenvalue weighted by Gasteiger charge is -2.16. The minimum Gasteiger partial charge on any atom is -0.493 e. The molecule has 1 aliphatic heterocycles. The first-order chi connectivity index (χ1) is 15.6. The Bertz CT molecular complexity index is 1080. The SMILES string of the molecule is COc1cc(Nc2nc(NCCCN3CCCC3=O)nc3nc[nH]c23)cc(OC)c1OC. The molecule has 0 atom stereocenters. The van der Waals surface area contributed by atoms with Crippen LogP contribution in [0.15, 0.2) is 18.5 Å². The maximum Gasteiger partial charge on any atom is 0.226 e. The number of imidazole rings is 1. The molecular weight excluding hydrogens is 414 g/mol. The van der Waals surface area contributed by atoms with Gasteiger partial charge in [-0.1, -0.05) is 0 Å². The summed E-state index contributed by atoms with van der Waals surface area (Å²) in [6.07, 6.45) is 3.98. The number of benzene rings is 1. The number of anilines is 3. The van der Waals surface area contributed by atoms with Gasteiger partial charge in [-0.15, -0.1) is 0 Å². The molecule has 11 heteroatoms. The molecule has 0 radical (unpaired) electrons. The van der Waals surface area contributed by atoms with Crippen molar-refractivity contribution in [2.45, 2.75) is 19.3 Å². The van der Waals surface area contributed by atoms with Crippen molar-refractivity contribution in [2.75, 3.05) is 51.6 Å². The topological polar surface area (TPSA) is 127 Å². The molecule has 2 aromatic heterocycles. The number of aromatic amines is 1. The molecule has 3 heterocycles. The number of fused-ring (bicyclic) bond motifs is 1. The third kappa shape index (κ3) is 4.46. The van der Waals surface area contributed by atoms with Crippen LogP contribution in [0, 0.1) is 0 Å².